The van der Waals surface area contributed by atoms with E-state index in [9.17, 15) is 5.11 Å². The molecule has 0 spiro atoms. The number of benzene rings is 1. The van der Waals surface area contributed by atoms with E-state index in [1.54, 1.807) is 12.3 Å². The van der Waals surface area contributed by atoms with E-state index in [1.807, 2.05) is 18.3 Å². The molecule has 4 nitrogen and oxygen atoms in total. The van der Waals surface area contributed by atoms with Crippen molar-refractivity contribution in [3.05, 3.63) is 41.7 Å². The lowest BCUT2D eigenvalue weighted by Crippen LogP contribution is -2.06. The standard InChI is InChI=1S/C12H13N3O/c16-10-2-3-11-8(5-10)1-4-12(11)15-9-6-13-14-7-9/h2-3,5-7,12,15-16H,1,4H2,(H,13,14). The maximum absolute atomic E-state index is 9.40. The quantitative estimate of drug-likeness (QED) is 0.719. The molecule has 1 atom stereocenters. The zero-order valence-electron chi connectivity index (χ0n) is 8.77. The Hall–Kier alpha value is -1.97. The van der Waals surface area contributed by atoms with Gasteiger partial charge >= 0.3 is 0 Å². The number of aromatic amines is 1. The second-order valence-electron chi connectivity index (χ2n) is 4.11. The number of aromatic hydroxyl groups is 1. The lowest BCUT2D eigenvalue weighted by atomic mass is 10.1. The topological polar surface area (TPSA) is 60.9 Å². The van der Waals surface area contributed by atoms with Crippen LogP contribution in [0.5, 0.6) is 5.75 Å². The van der Waals surface area contributed by atoms with Crippen molar-refractivity contribution in [3.63, 3.8) is 0 Å². The number of phenolic OH excluding ortho intramolecular Hbond substituents is 1. The van der Waals surface area contributed by atoms with Crippen molar-refractivity contribution in [1.82, 2.24) is 10.2 Å². The number of nitrogens with one attached hydrogen (secondary N) is 2. The predicted octanol–water partition coefficient (Wildman–Crippen LogP) is 2.21. The first kappa shape index (κ1) is 9.27. The maximum atomic E-state index is 9.40. The van der Waals surface area contributed by atoms with Crippen LogP contribution in [0.15, 0.2) is 30.6 Å². The number of phenols is 1. The summed E-state index contributed by atoms with van der Waals surface area (Å²) < 4.78 is 0. The minimum Gasteiger partial charge on any atom is -0.508 e. The van der Waals surface area contributed by atoms with Gasteiger partial charge in [0.1, 0.15) is 5.75 Å². The van der Waals surface area contributed by atoms with Gasteiger partial charge in [-0.2, -0.15) is 5.10 Å². The van der Waals surface area contributed by atoms with Crippen LogP contribution in [0.25, 0.3) is 0 Å². The summed E-state index contributed by atoms with van der Waals surface area (Å²) in [6.45, 7) is 0. The van der Waals surface area contributed by atoms with Gasteiger partial charge in [0.05, 0.1) is 17.9 Å². The molecule has 3 N–H and O–H groups in total. The number of nitrogens with zero attached hydrogens (tertiary/aromatic N) is 1. The average molecular weight is 215 g/mol. The molecule has 1 aliphatic carbocycles. The summed E-state index contributed by atoms with van der Waals surface area (Å²) in [5.41, 5.74) is 3.52. The van der Waals surface area contributed by atoms with Gasteiger partial charge in [-0.25, -0.2) is 0 Å². The smallest absolute Gasteiger partial charge is 0.115 e. The molecule has 1 heterocycles. The van der Waals surface area contributed by atoms with Crippen molar-refractivity contribution in [1.29, 1.82) is 0 Å². The summed E-state index contributed by atoms with van der Waals surface area (Å²) in [7, 11) is 0. The van der Waals surface area contributed by atoms with Crippen molar-refractivity contribution in [2.75, 3.05) is 5.32 Å². The summed E-state index contributed by atoms with van der Waals surface area (Å²) in [5, 5.41) is 19.5. The van der Waals surface area contributed by atoms with Gasteiger partial charge in [0.15, 0.2) is 0 Å². The van der Waals surface area contributed by atoms with Crippen LogP contribution in [0, 0.1) is 0 Å². The Balaban J connectivity index is 1.86. The van der Waals surface area contributed by atoms with Crippen LogP contribution in [0.1, 0.15) is 23.6 Å². The first-order chi connectivity index (χ1) is 7.83. The first-order valence-corrected chi connectivity index (χ1v) is 5.40. The molecule has 0 saturated carbocycles. The Labute approximate surface area is 93.3 Å². The highest BCUT2D eigenvalue weighted by Gasteiger charge is 2.22. The Bertz CT molecular complexity index is 493. The van der Waals surface area contributed by atoms with Crippen molar-refractivity contribution in [2.45, 2.75) is 18.9 Å². The second kappa shape index (κ2) is 3.56. The molecule has 0 bridgehead atoms. The van der Waals surface area contributed by atoms with Gasteiger partial charge in [-0.05, 0) is 36.1 Å². The molecule has 1 aromatic carbocycles. The van der Waals surface area contributed by atoms with Gasteiger partial charge in [0.25, 0.3) is 0 Å². The van der Waals surface area contributed by atoms with Crippen molar-refractivity contribution in [3.8, 4) is 5.75 Å². The fourth-order valence-electron chi connectivity index (χ4n) is 2.28. The van der Waals surface area contributed by atoms with E-state index in [1.165, 1.54) is 11.1 Å². The minimum absolute atomic E-state index is 0.327. The van der Waals surface area contributed by atoms with Gasteiger partial charge in [-0.15, -0.1) is 0 Å². The van der Waals surface area contributed by atoms with Crippen molar-refractivity contribution in [2.24, 2.45) is 0 Å². The third-order valence-electron chi connectivity index (χ3n) is 3.04. The van der Waals surface area contributed by atoms with Gasteiger partial charge in [0.2, 0.25) is 0 Å². The van der Waals surface area contributed by atoms with Gasteiger partial charge < -0.3 is 10.4 Å². The van der Waals surface area contributed by atoms with Gasteiger partial charge in [-0.1, -0.05) is 6.07 Å². The second-order valence-corrected chi connectivity index (χ2v) is 4.11. The van der Waals surface area contributed by atoms with Crippen molar-refractivity contribution >= 4 is 5.69 Å². The number of fused-ring (bicyclic) bond motifs is 1. The van der Waals surface area contributed by atoms with Crippen LogP contribution in [0.2, 0.25) is 0 Å². The van der Waals surface area contributed by atoms with Gasteiger partial charge in [0, 0.05) is 6.20 Å². The Kier molecular flexibility index (Phi) is 2.06. The molecule has 82 valence electrons. The van der Waals surface area contributed by atoms with E-state index in [2.05, 4.69) is 15.5 Å². The highest BCUT2D eigenvalue weighted by atomic mass is 16.3. The van der Waals surface area contributed by atoms with Crippen LogP contribution in [-0.4, -0.2) is 15.3 Å². The molecule has 1 aromatic heterocycles. The highest BCUT2D eigenvalue weighted by Crippen LogP contribution is 2.35. The van der Waals surface area contributed by atoms with Crippen LogP contribution in [-0.2, 0) is 6.42 Å². The fraction of sp³-hybridized carbons (Fsp3) is 0.250. The number of aromatic nitrogens is 2. The summed E-state index contributed by atoms with van der Waals surface area (Å²) >= 11 is 0. The highest BCUT2D eigenvalue weighted by molar-refractivity contribution is 5.47. The Morgan fingerprint density at radius 2 is 2.38 bits per heavy atom. The lowest BCUT2D eigenvalue weighted by Gasteiger charge is -2.13. The summed E-state index contributed by atoms with van der Waals surface area (Å²) in [6.07, 6.45) is 5.69. The molecule has 0 aliphatic heterocycles. The SMILES string of the molecule is Oc1ccc2c(c1)CCC2Nc1cn[nH]c1. The van der Waals surface area contributed by atoms with E-state index in [4.69, 9.17) is 0 Å². The van der Waals surface area contributed by atoms with Crippen LogP contribution >= 0.6 is 0 Å². The number of hydrogen-bond acceptors (Lipinski definition) is 3. The number of anilines is 1. The number of H-pyrrole nitrogens is 1. The number of rotatable bonds is 2. The van der Waals surface area contributed by atoms with Crippen LogP contribution in [0.4, 0.5) is 5.69 Å². The van der Waals surface area contributed by atoms with E-state index in [-0.39, 0.29) is 0 Å². The molecule has 0 saturated heterocycles. The summed E-state index contributed by atoms with van der Waals surface area (Å²) in [5.74, 6) is 0.350. The van der Waals surface area contributed by atoms with E-state index in [0.717, 1.165) is 18.5 Å². The molecular weight excluding hydrogens is 202 g/mol. The molecule has 3 rings (SSSR count). The predicted molar refractivity (Wildman–Crippen MR) is 61.4 cm³/mol. The Morgan fingerprint density at radius 3 is 3.19 bits per heavy atom. The molecule has 1 aliphatic rings. The third kappa shape index (κ3) is 1.52. The summed E-state index contributed by atoms with van der Waals surface area (Å²) in [4.78, 5) is 0. The molecule has 1 unspecified atom stereocenters. The lowest BCUT2D eigenvalue weighted by molar-refractivity contribution is 0.474. The minimum atomic E-state index is 0.327. The average Bonchev–Trinajstić information content (AvgIpc) is 2.89. The van der Waals surface area contributed by atoms with Crippen LogP contribution in [0.3, 0.4) is 0 Å². The molecule has 16 heavy (non-hydrogen) atoms. The molecule has 4 heteroatoms. The molecule has 0 fully saturated rings. The zero-order chi connectivity index (χ0) is 11.0. The largest absolute Gasteiger partial charge is 0.508 e. The van der Waals surface area contributed by atoms with Crippen LogP contribution < -0.4 is 5.32 Å². The fourth-order valence-corrected chi connectivity index (χ4v) is 2.28. The molecule has 0 amide bonds. The van der Waals surface area contributed by atoms with Gasteiger partial charge in [-0.3, -0.25) is 5.10 Å². The Morgan fingerprint density at radius 1 is 1.44 bits per heavy atom. The van der Waals surface area contributed by atoms with E-state index >= 15 is 0 Å². The molecular formula is C12H13N3O. The third-order valence-corrected chi connectivity index (χ3v) is 3.04. The molecule has 2 aromatic rings. The number of aryl methyl sites for hydroxylation is 1. The zero-order valence-corrected chi connectivity index (χ0v) is 8.77. The number of hydrogen-bond donors (Lipinski definition) is 3. The molecule has 0 radical (unpaired) electrons. The van der Waals surface area contributed by atoms with E-state index in [0.29, 0.717) is 11.8 Å². The summed E-state index contributed by atoms with van der Waals surface area (Å²) in [6, 6.07) is 5.92. The first-order valence-electron chi connectivity index (χ1n) is 5.40. The van der Waals surface area contributed by atoms with Crippen molar-refractivity contribution < 1.29 is 5.11 Å². The maximum Gasteiger partial charge on any atom is 0.115 e. The van der Waals surface area contributed by atoms with E-state index < -0.39 is 0 Å². The normalized spacial score (nSPS) is 18.4. The monoisotopic (exact) mass is 215 g/mol.